The van der Waals surface area contributed by atoms with Crippen LogP contribution in [0.2, 0.25) is 10.0 Å². The Labute approximate surface area is 194 Å². The lowest BCUT2D eigenvalue weighted by atomic mass is 10.2. The van der Waals surface area contributed by atoms with Gasteiger partial charge in [-0.05, 0) is 47.7 Å². The zero-order chi connectivity index (χ0) is 21.8. The minimum Gasteiger partial charge on any atom is -0.487 e. The minimum atomic E-state index is -0.192. The molecule has 0 atom stereocenters. The molecule has 0 saturated heterocycles. The highest BCUT2D eigenvalue weighted by Crippen LogP contribution is 2.27. The third-order valence-corrected chi connectivity index (χ3v) is 6.20. The number of carbonyl (C=O) groups excluding carboxylic acids is 1. The summed E-state index contributed by atoms with van der Waals surface area (Å²) in [4.78, 5) is 13.2. The summed E-state index contributed by atoms with van der Waals surface area (Å²) in [6, 6.07) is 15.0. The monoisotopic (exact) mass is 471 g/mol. The predicted octanol–water partition coefficient (Wildman–Crippen LogP) is 6.44. The number of hydrogen-bond acceptors (Lipinski definition) is 4. The summed E-state index contributed by atoms with van der Waals surface area (Å²) in [7, 11) is 0. The quantitative estimate of drug-likeness (QED) is 0.337. The number of thiophene rings is 1. The summed E-state index contributed by atoms with van der Waals surface area (Å²) in [6.07, 6.45) is 3.39. The molecule has 0 aliphatic heterocycles. The summed E-state index contributed by atoms with van der Waals surface area (Å²) in [5.74, 6) is 0.437. The van der Waals surface area contributed by atoms with E-state index in [-0.39, 0.29) is 5.91 Å². The number of nitrogens with one attached hydrogen (secondary N) is 1. The summed E-state index contributed by atoms with van der Waals surface area (Å²) < 4.78 is 7.54. The average molecular weight is 472 g/mol. The maximum Gasteiger partial charge on any atom is 0.265 e. The Bertz CT molecular complexity index is 1220. The van der Waals surface area contributed by atoms with E-state index < -0.39 is 0 Å². The summed E-state index contributed by atoms with van der Waals surface area (Å²) in [5, 5.41) is 10.3. The van der Waals surface area contributed by atoms with Crippen molar-refractivity contribution in [2.75, 3.05) is 5.32 Å². The molecule has 158 valence electrons. The number of carbonyl (C=O) groups is 1. The molecule has 0 radical (unpaired) electrons. The van der Waals surface area contributed by atoms with Crippen molar-refractivity contribution in [3.8, 4) is 5.75 Å². The van der Waals surface area contributed by atoms with Gasteiger partial charge in [0.1, 0.15) is 12.4 Å². The fraction of sp³-hybridized carbons (Fsp3) is 0.130. The molecule has 2 aromatic carbocycles. The number of ether oxygens (including phenoxy) is 1. The molecule has 1 N–H and O–H groups in total. The summed E-state index contributed by atoms with van der Waals surface area (Å²) in [5.41, 5.74) is 3.55. The fourth-order valence-corrected chi connectivity index (χ4v) is 4.12. The molecule has 1 amide bonds. The standard InChI is InChI=1S/C23H19Cl2N3O2S/c1-15-6-7-20(25)21(8-15)30-13-16-9-22(31-14-16)23(29)27-18-10-26-28(12-18)11-17-4-2-3-5-19(17)24/h2-10,12,14H,11,13H2,1H3,(H,27,29). The van der Waals surface area contributed by atoms with E-state index >= 15 is 0 Å². The van der Waals surface area contributed by atoms with Gasteiger partial charge >= 0.3 is 0 Å². The maximum atomic E-state index is 12.6. The number of nitrogens with zero attached hydrogens (tertiary/aromatic N) is 2. The number of amides is 1. The number of hydrogen-bond donors (Lipinski definition) is 1. The van der Waals surface area contributed by atoms with Gasteiger partial charge in [0.05, 0.1) is 28.3 Å². The first-order valence-electron chi connectivity index (χ1n) is 9.51. The van der Waals surface area contributed by atoms with E-state index in [1.54, 1.807) is 17.1 Å². The van der Waals surface area contributed by atoms with Crippen molar-refractivity contribution in [3.63, 3.8) is 0 Å². The second-order valence-corrected chi connectivity index (χ2v) is 8.74. The van der Waals surface area contributed by atoms with E-state index in [0.29, 0.717) is 39.5 Å². The second kappa shape index (κ2) is 9.56. The molecule has 31 heavy (non-hydrogen) atoms. The van der Waals surface area contributed by atoms with E-state index in [2.05, 4.69) is 10.4 Å². The molecule has 8 heteroatoms. The number of rotatable bonds is 7. The van der Waals surface area contributed by atoms with Crippen LogP contribution in [0.25, 0.3) is 0 Å². The highest BCUT2D eigenvalue weighted by atomic mass is 35.5. The van der Waals surface area contributed by atoms with Crippen LogP contribution < -0.4 is 10.1 Å². The maximum absolute atomic E-state index is 12.6. The van der Waals surface area contributed by atoms with Gasteiger partial charge in [-0.15, -0.1) is 11.3 Å². The van der Waals surface area contributed by atoms with Crippen LogP contribution in [0.4, 0.5) is 5.69 Å². The average Bonchev–Trinajstić information content (AvgIpc) is 3.40. The lowest BCUT2D eigenvalue weighted by molar-refractivity contribution is 0.103. The Hall–Kier alpha value is -2.80. The molecule has 0 aliphatic rings. The molecule has 0 saturated carbocycles. The SMILES string of the molecule is Cc1ccc(Cl)c(OCc2csc(C(=O)Nc3cnn(Cc4ccccc4Cl)c3)c2)c1. The molecule has 5 nitrogen and oxygen atoms in total. The molecule has 4 aromatic rings. The van der Waals surface area contributed by atoms with Gasteiger partial charge in [-0.1, -0.05) is 47.5 Å². The lowest BCUT2D eigenvalue weighted by Gasteiger charge is -2.07. The van der Waals surface area contributed by atoms with Gasteiger partial charge in [-0.25, -0.2) is 0 Å². The first-order valence-corrected chi connectivity index (χ1v) is 11.1. The number of benzene rings is 2. The van der Waals surface area contributed by atoms with Gasteiger partial charge in [-0.3, -0.25) is 9.48 Å². The van der Waals surface area contributed by atoms with Crippen molar-refractivity contribution in [3.05, 3.63) is 97.9 Å². The highest BCUT2D eigenvalue weighted by Gasteiger charge is 2.12. The first kappa shape index (κ1) is 21.4. The predicted molar refractivity (Wildman–Crippen MR) is 126 cm³/mol. The van der Waals surface area contributed by atoms with Crippen molar-refractivity contribution >= 4 is 46.1 Å². The zero-order valence-electron chi connectivity index (χ0n) is 16.6. The van der Waals surface area contributed by atoms with E-state index in [0.717, 1.165) is 16.7 Å². The van der Waals surface area contributed by atoms with Gasteiger partial charge < -0.3 is 10.1 Å². The zero-order valence-corrected chi connectivity index (χ0v) is 19.0. The molecular weight excluding hydrogens is 453 g/mol. The second-order valence-electron chi connectivity index (χ2n) is 7.01. The van der Waals surface area contributed by atoms with Crippen LogP contribution >= 0.6 is 34.5 Å². The summed E-state index contributed by atoms with van der Waals surface area (Å²) >= 11 is 13.7. The Morgan fingerprint density at radius 2 is 2.00 bits per heavy atom. The van der Waals surface area contributed by atoms with Crippen LogP contribution in [-0.2, 0) is 13.2 Å². The molecular formula is C23H19Cl2N3O2S. The van der Waals surface area contributed by atoms with Gasteiger partial charge in [-0.2, -0.15) is 5.10 Å². The molecule has 0 unspecified atom stereocenters. The largest absolute Gasteiger partial charge is 0.487 e. The molecule has 2 aromatic heterocycles. The molecule has 0 aliphatic carbocycles. The number of halogens is 2. The third-order valence-electron chi connectivity index (χ3n) is 4.54. The molecule has 4 rings (SSSR count). The molecule has 0 fully saturated rings. The van der Waals surface area contributed by atoms with Gasteiger partial charge in [0.2, 0.25) is 0 Å². The Kier molecular flexibility index (Phi) is 6.61. The van der Waals surface area contributed by atoms with Crippen LogP contribution in [0.3, 0.4) is 0 Å². The Morgan fingerprint density at radius 1 is 1.16 bits per heavy atom. The van der Waals surface area contributed by atoms with Crippen LogP contribution in [0.15, 0.2) is 66.3 Å². The molecule has 0 spiro atoms. The van der Waals surface area contributed by atoms with Crippen molar-refractivity contribution in [1.29, 1.82) is 0 Å². The van der Waals surface area contributed by atoms with E-state index in [1.165, 1.54) is 11.3 Å². The number of anilines is 1. The molecule has 2 heterocycles. The lowest BCUT2D eigenvalue weighted by Crippen LogP contribution is -2.09. The van der Waals surface area contributed by atoms with Crippen LogP contribution in [0.5, 0.6) is 5.75 Å². The smallest absolute Gasteiger partial charge is 0.265 e. The van der Waals surface area contributed by atoms with Crippen molar-refractivity contribution in [1.82, 2.24) is 9.78 Å². The Morgan fingerprint density at radius 3 is 2.84 bits per heavy atom. The van der Waals surface area contributed by atoms with Crippen LogP contribution in [0, 0.1) is 6.92 Å². The van der Waals surface area contributed by atoms with Crippen molar-refractivity contribution in [2.24, 2.45) is 0 Å². The number of aryl methyl sites for hydroxylation is 1. The van der Waals surface area contributed by atoms with Crippen LogP contribution in [0.1, 0.15) is 26.4 Å². The normalized spacial score (nSPS) is 10.8. The van der Waals surface area contributed by atoms with E-state index in [9.17, 15) is 4.79 Å². The minimum absolute atomic E-state index is 0.192. The van der Waals surface area contributed by atoms with Crippen LogP contribution in [-0.4, -0.2) is 15.7 Å². The van der Waals surface area contributed by atoms with Crippen molar-refractivity contribution in [2.45, 2.75) is 20.1 Å². The van der Waals surface area contributed by atoms with Crippen molar-refractivity contribution < 1.29 is 9.53 Å². The van der Waals surface area contributed by atoms with Gasteiger partial charge in [0.25, 0.3) is 5.91 Å². The molecule has 0 bridgehead atoms. The van der Waals surface area contributed by atoms with E-state index in [1.807, 2.05) is 60.8 Å². The van der Waals surface area contributed by atoms with Gasteiger partial charge in [0, 0.05) is 16.8 Å². The van der Waals surface area contributed by atoms with Gasteiger partial charge in [0.15, 0.2) is 0 Å². The third kappa shape index (κ3) is 5.47. The highest BCUT2D eigenvalue weighted by molar-refractivity contribution is 7.12. The Balaban J connectivity index is 1.35. The summed E-state index contributed by atoms with van der Waals surface area (Å²) in [6.45, 7) is 2.84. The number of aromatic nitrogens is 2. The topological polar surface area (TPSA) is 56.1 Å². The first-order chi connectivity index (χ1) is 15.0. The fourth-order valence-electron chi connectivity index (χ4n) is 2.96. The van der Waals surface area contributed by atoms with E-state index in [4.69, 9.17) is 27.9 Å².